The molecule has 0 heterocycles. The Morgan fingerprint density at radius 2 is 2.15 bits per heavy atom. The molecule has 78 valence electrons. The topological polar surface area (TPSA) is 72.5 Å². The maximum Gasteiger partial charge on any atom is 0.319 e. The van der Waals surface area contributed by atoms with E-state index in [1.165, 1.54) is 14.0 Å². The van der Waals surface area contributed by atoms with Gasteiger partial charge in [0.1, 0.15) is 3.92 Å². The molecular weight excluding hydrogens is 309 g/mol. The normalized spacial score (nSPS) is 13.8. The number of methoxy groups -OCH3 is 1. The van der Waals surface area contributed by atoms with Crippen LogP contribution in [-0.4, -0.2) is 37.7 Å². The minimum atomic E-state index is -3.22. The minimum absolute atomic E-state index is 0.0114. The quantitative estimate of drug-likeness (QED) is 0.436. The van der Waals surface area contributed by atoms with Gasteiger partial charge < -0.3 is 4.74 Å². The van der Waals surface area contributed by atoms with Gasteiger partial charge in [0, 0.05) is 6.54 Å². The van der Waals surface area contributed by atoms with Crippen molar-refractivity contribution in [1.29, 1.82) is 0 Å². The van der Waals surface area contributed by atoms with Gasteiger partial charge in [0.2, 0.25) is 10.0 Å². The molecule has 0 radical (unpaired) electrons. The van der Waals surface area contributed by atoms with Crippen molar-refractivity contribution in [3.63, 3.8) is 0 Å². The van der Waals surface area contributed by atoms with Crippen LogP contribution in [0.5, 0.6) is 0 Å². The highest BCUT2D eigenvalue weighted by Gasteiger charge is 2.17. The van der Waals surface area contributed by atoms with Gasteiger partial charge in [-0.1, -0.05) is 22.6 Å². The number of carbonyl (C=O) groups excluding carboxylic acids is 1. The Morgan fingerprint density at radius 1 is 1.62 bits per heavy atom. The lowest BCUT2D eigenvalue weighted by Gasteiger charge is -2.08. The first kappa shape index (κ1) is 13.1. The summed E-state index contributed by atoms with van der Waals surface area (Å²) in [4.78, 5) is 10.9. The van der Waals surface area contributed by atoms with E-state index < -0.39 is 19.9 Å². The molecule has 5 nitrogen and oxygen atoms in total. The molecule has 0 bridgehead atoms. The number of nitrogens with one attached hydrogen (secondary N) is 1. The van der Waals surface area contributed by atoms with E-state index in [0.29, 0.717) is 0 Å². The standard InChI is InChI=1S/C6H12INO4S/c1-3-13(10,11)8-4-5(7)6(9)12-2/h5,8H,3-4H2,1-2H3. The molecule has 0 fully saturated rings. The summed E-state index contributed by atoms with van der Waals surface area (Å²) in [5.41, 5.74) is 0. The molecule has 0 saturated heterocycles. The maximum absolute atomic E-state index is 10.9. The van der Waals surface area contributed by atoms with Gasteiger partial charge in [-0.05, 0) is 6.92 Å². The van der Waals surface area contributed by atoms with Gasteiger partial charge >= 0.3 is 5.97 Å². The lowest BCUT2D eigenvalue weighted by molar-refractivity contribution is -0.139. The van der Waals surface area contributed by atoms with Crippen molar-refractivity contribution >= 4 is 38.6 Å². The van der Waals surface area contributed by atoms with E-state index >= 15 is 0 Å². The Labute approximate surface area is 91.4 Å². The fraction of sp³-hybridized carbons (Fsp3) is 0.833. The number of hydrogen-bond acceptors (Lipinski definition) is 4. The number of alkyl halides is 1. The Balaban J connectivity index is 3.97. The van der Waals surface area contributed by atoms with Crippen molar-refractivity contribution in [2.24, 2.45) is 0 Å². The summed E-state index contributed by atoms with van der Waals surface area (Å²) in [6.07, 6.45) is 0. The number of halogens is 1. The van der Waals surface area contributed by atoms with E-state index in [2.05, 4.69) is 9.46 Å². The largest absolute Gasteiger partial charge is 0.468 e. The zero-order valence-corrected chi connectivity index (χ0v) is 10.4. The Kier molecular flexibility index (Phi) is 5.81. The van der Waals surface area contributed by atoms with Gasteiger partial charge in [0.25, 0.3) is 0 Å². The van der Waals surface area contributed by atoms with Crippen molar-refractivity contribution < 1.29 is 17.9 Å². The number of esters is 1. The minimum Gasteiger partial charge on any atom is -0.468 e. The second kappa shape index (κ2) is 5.76. The van der Waals surface area contributed by atoms with E-state index in [9.17, 15) is 13.2 Å². The van der Waals surface area contributed by atoms with Crippen molar-refractivity contribution in [1.82, 2.24) is 4.72 Å². The number of sulfonamides is 1. The summed E-state index contributed by atoms with van der Waals surface area (Å²) >= 11 is 1.82. The molecule has 0 aromatic heterocycles. The van der Waals surface area contributed by atoms with Gasteiger partial charge in [-0.15, -0.1) is 0 Å². The smallest absolute Gasteiger partial charge is 0.319 e. The van der Waals surface area contributed by atoms with Crippen LogP contribution in [0, 0.1) is 0 Å². The molecule has 0 aliphatic heterocycles. The van der Waals surface area contributed by atoms with Crippen LogP contribution >= 0.6 is 22.6 Å². The summed E-state index contributed by atoms with van der Waals surface area (Å²) in [6, 6.07) is 0. The van der Waals surface area contributed by atoms with Crippen LogP contribution in [0.3, 0.4) is 0 Å². The lowest BCUT2D eigenvalue weighted by atomic mass is 10.4. The molecular formula is C6H12INO4S. The Morgan fingerprint density at radius 3 is 2.54 bits per heavy atom. The van der Waals surface area contributed by atoms with Crippen molar-refractivity contribution in [2.45, 2.75) is 10.8 Å². The molecule has 7 heteroatoms. The average molecular weight is 321 g/mol. The van der Waals surface area contributed by atoms with Gasteiger partial charge in [-0.3, -0.25) is 4.79 Å². The van der Waals surface area contributed by atoms with E-state index in [1.54, 1.807) is 0 Å². The van der Waals surface area contributed by atoms with Gasteiger partial charge in [-0.2, -0.15) is 0 Å². The van der Waals surface area contributed by atoms with Crippen LogP contribution in [0.25, 0.3) is 0 Å². The van der Waals surface area contributed by atoms with Crippen LogP contribution in [0.1, 0.15) is 6.92 Å². The van der Waals surface area contributed by atoms with E-state index in [4.69, 9.17) is 0 Å². The summed E-state index contributed by atoms with van der Waals surface area (Å²) in [7, 11) is -1.95. The maximum atomic E-state index is 10.9. The highest BCUT2D eigenvalue weighted by molar-refractivity contribution is 14.1. The highest BCUT2D eigenvalue weighted by Crippen LogP contribution is 2.01. The van der Waals surface area contributed by atoms with Gasteiger partial charge in [0.15, 0.2) is 0 Å². The van der Waals surface area contributed by atoms with Crippen LogP contribution < -0.4 is 4.72 Å². The second-order valence-electron chi connectivity index (χ2n) is 2.24. The molecule has 0 aromatic carbocycles. The Bertz CT molecular complexity index is 264. The summed E-state index contributed by atoms with van der Waals surface area (Å²) in [5.74, 6) is -0.420. The van der Waals surface area contributed by atoms with Crippen LogP contribution in [-0.2, 0) is 19.6 Å². The predicted octanol–water partition coefficient (Wildman–Crippen LogP) is -0.0977. The van der Waals surface area contributed by atoms with Gasteiger partial charge in [-0.25, -0.2) is 13.1 Å². The molecule has 0 aliphatic rings. The highest BCUT2D eigenvalue weighted by atomic mass is 127. The fourth-order valence-corrected chi connectivity index (χ4v) is 1.91. The van der Waals surface area contributed by atoms with E-state index in [1.807, 2.05) is 22.6 Å². The summed E-state index contributed by atoms with van der Waals surface area (Å²) in [5, 5.41) is 0. The average Bonchev–Trinajstić information content (AvgIpc) is 2.13. The molecule has 0 saturated carbocycles. The van der Waals surface area contributed by atoms with Crippen LogP contribution in [0.2, 0.25) is 0 Å². The first-order chi connectivity index (χ1) is 5.93. The predicted molar refractivity (Wildman–Crippen MR) is 57.3 cm³/mol. The van der Waals surface area contributed by atoms with Crippen molar-refractivity contribution in [2.75, 3.05) is 19.4 Å². The number of rotatable bonds is 5. The first-order valence-electron chi connectivity index (χ1n) is 3.62. The second-order valence-corrected chi connectivity index (χ2v) is 5.84. The molecule has 1 unspecified atom stereocenters. The molecule has 0 aromatic rings. The molecule has 0 aliphatic carbocycles. The summed E-state index contributed by atoms with van der Waals surface area (Å²) in [6.45, 7) is 1.60. The first-order valence-corrected chi connectivity index (χ1v) is 6.52. The summed E-state index contributed by atoms with van der Waals surface area (Å²) < 4.78 is 28.1. The monoisotopic (exact) mass is 321 g/mol. The molecule has 1 atom stereocenters. The molecule has 0 rings (SSSR count). The third-order valence-electron chi connectivity index (χ3n) is 1.32. The van der Waals surface area contributed by atoms with E-state index in [-0.39, 0.29) is 12.3 Å². The Hall–Kier alpha value is 0.110. The van der Waals surface area contributed by atoms with Gasteiger partial charge in [0.05, 0.1) is 12.9 Å². The molecule has 1 N–H and O–H groups in total. The number of carbonyl (C=O) groups is 1. The number of ether oxygens (including phenoxy) is 1. The fourth-order valence-electron chi connectivity index (χ4n) is 0.513. The molecule has 0 amide bonds. The zero-order chi connectivity index (χ0) is 10.5. The van der Waals surface area contributed by atoms with Crippen LogP contribution in [0.15, 0.2) is 0 Å². The third-order valence-corrected chi connectivity index (χ3v) is 3.63. The van der Waals surface area contributed by atoms with Crippen molar-refractivity contribution in [3.05, 3.63) is 0 Å². The molecule has 13 heavy (non-hydrogen) atoms. The third kappa shape index (κ3) is 5.42. The lowest BCUT2D eigenvalue weighted by Crippen LogP contribution is -2.34. The number of hydrogen-bond donors (Lipinski definition) is 1. The van der Waals surface area contributed by atoms with Crippen LogP contribution in [0.4, 0.5) is 0 Å². The van der Waals surface area contributed by atoms with E-state index in [0.717, 1.165) is 0 Å². The van der Waals surface area contributed by atoms with Crippen molar-refractivity contribution in [3.8, 4) is 0 Å². The molecule has 0 spiro atoms. The zero-order valence-electron chi connectivity index (χ0n) is 7.41. The SMILES string of the molecule is CCS(=O)(=O)NCC(I)C(=O)OC.